The Morgan fingerprint density at radius 1 is 1.47 bits per heavy atom. The molecule has 0 spiro atoms. The van der Waals surface area contributed by atoms with Crippen LogP contribution in [0.25, 0.3) is 0 Å². The summed E-state index contributed by atoms with van der Waals surface area (Å²) in [5.41, 5.74) is 6.32. The van der Waals surface area contributed by atoms with E-state index in [-0.39, 0.29) is 6.10 Å². The van der Waals surface area contributed by atoms with Crippen LogP contribution in [-0.2, 0) is 4.74 Å². The number of anilines is 1. The number of hydrogen-bond acceptors (Lipinski definition) is 4. The van der Waals surface area contributed by atoms with E-state index in [9.17, 15) is 0 Å². The smallest absolute Gasteiger partial charge is 0.145 e. The average Bonchev–Trinajstić information content (AvgIpc) is 2.73. The molecule has 1 aliphatic rings. The first-order valence-electron chi connectivity index (χ1n) is 4.97. The largest absolute Gasteiger partial charge is 0.494 e. The molecule has 1 aliphatic heterocycles. The summed E-state index contributed by atoms with van der Waals surface area (Å²) < 4.78 is 16.1. The molecule has 0 amide bonds. The van der Waals surface area contributed by atoms with E-state index in [0.29, 0.717) is 18.0 Å². The molecular weight excluding hydrogens is 194 g/mol. The van der Waals surface area contributed by atoms with Crippen molar-refractivity contribution < 1.29 is 14.2 Å². The van der Waals surface area contributed by atoms with E-state index >= 15 is 0 Å². The molecule has 0 radical (unpaired) electrons. The number of nitrogens with two attached hydrogens (primary N) is 1. The van der Waals surface area contributed by atoms with Crippen LogP contribution in [0.15, 0.2) is 18.2 Å². The zero-order chi connectivity index (χ0) is 10.7. The summed E-state index contributed by atoms with van der Waals surface area (Å²) in [5, 5.41) is 0. The van der Waals surface area contributed by atoms with Crippen molar-refractivity contribution in [3.63, 3.8) is 0 Å². The predicted molar refractivity (Wildman–Crippen MR) is 57.3 cm³/mol. The maximum absolute atomic E-state index is 5.71. The minimum absolute atomic E-state index is 0.151. The van der Waals surface area contributed by atoms with Crippen LogP contribution in [0.4, 0.5) is 5.69 Å². The van der Waals surface area contributed by atoms with Crippen molar-refractivity contribution in [2.75, 3.05) is 26.1 Å². The quantitative estimate of drug-likeness (QED) is 0.765. The van der Waals surface area contributed by atoms with Gasteiger partial charge in [-0.2, -0.15) is 0 Å². The fourth-order valence-corrected chi connectivity index (χ4v) is 1.56. The van der Waals surface area contributed by atoms with Crippen LogP contribution in [0.3, 0.4) is 0 Å². The number of hydrogen-bond donors (Lipinski definition) is 1. The van der Waals surface area contributed by atoms with Crippen LogP contribution in [-0.4, -0.2) is 26.4 Å². The third-order valence-corrected chi connectivity index (χ3v) is 2.40. The van der Waals surface area contributed by atoms with Crippen molar-refractivity contribution in [3.05, 3.63) is 18.2 Å². The molecule has 15 heavy (non-hydrogen) atoms. The third-order valence-electron chi connectivity index (χ3n) is 2.40. The Morgan fingerprint density at radius 3 is 3.00 bits per heavy atom. The number of methoxy groups -OCH3 is 1. The zero-order valence-electron chi connectivity index (χ0n) is 8.73. The van der Waals surface area contributed by atoms with Crippen LogP contribution in [0.5, 0.6) is 11.5 Å². The lowest BCUT2D eigenvalue weighted by atomic mass is 10.2. The van der Waals surface area contributed by atoms with Crippen LogP contribution < -0.4 is 15.2 Å². The first-order chi connectivity index (χ1) is 7.29. The van der Waals surface area contributed by atoms with Gasteiger partial charge < -0.3 is 19.9 Å². The second-order valence-electron chi connectivity index (χ2n) is 3.51. The minimum Gasteiger partial charge on any atom is -0.494 e. The lowest BCUT2D eigenvalue weighted by Gasteiger charge is -2.13. The molecule has 1 aromatic rings. The number of ether oxygens (including phenoxy) is 3. The monoisotopic (exact) mass is 209 g/mol. The van der Waals surface area contributed by atoms with Gasteiger partial charge in [-0.1, -0.05) is 0 Å². The van der Waals surface area contributed by atoms with Crippen molar-refractivity contribution in [1.82, 2.24) is 0 Å². The minimum atomic E-state index is 0.151. The topological polar surface area (TPSA) is 53.7 Å². The van der Waals surface area contributed by atoms with Crippen molar-refractivity contribution >= 4 is 5.69 Å². The fourth-order valence-electron chi connectivity index (χ4n) is 1.56. The van der Waals surface area contributed by atoms with Crippen LogP contribution in [0.2, 0.25) is 0 Å². The molecule has 2 rings (SSSR count). The third kappa shape index (κ3) is 2.33. The standard InChI is InChI=1S/C11H15NO3/c1-13-11-6-8(2-3-10(11)12)15-9-4-5-14-7-9/h2-3,6,9H,4-5,7,12H2,1H3/t9-/m1/s1. The summed E-state index contributed by atoms with van der Waals surface area (Å²) in [5.74, 6) is 1.42. The molecule has 0 aromatic heterocycles. The van der Waals surface area contributed by atoms with Gasteiger partial charge in [0.2, 0.25) is 0 Å². The van der Waals surface area contributed by atoms with Crippen LogP contribution in [0, 0.1) is 0 Å². The summed E-state index contributed by atoms with van der Waals surface area (Å²) in [6.45, 7) is 1.43. The van der Waals surface area contributed by atoms with Crippen LogP contribution in [0.1, 0.15) is 6.42 Å². The van der Waals surface area contributed by atoms with E-state index in [1.165, 1.54) is 0 Å². The van der Waals surface area contributed by atoms with E-state index < -0.39 is 0 Å². The molecule has 1 saturated heterocycles. The van der Waals surface area contributed by atoms with E-state index in [1.807, 2.05) is 6.07 Å². The van der Waals surface area contributed by atoms with Gasteiger partial charge >= 0.3 is 0 Å². The normalized spacial score (nSPS) is 20.2. The summed E-state index contributed by atoms with van der Waals surface area (Å²) in [7, 11) is 1.59. The average molecular weight is 209 g/mol. The predicted octanol–water partition coefficient (Wildman–Crippen LogP) is 1.45. The zero-order valence-corrected chi connectivity index (χ0v) is 8.73. The van der Waals surface area contributed by atoms with Crippen molar-refractivity contribution in [3.8, 4) is 11.5 Å². The Bertz CT molecular complexity index is 335. The lowest BCUT2D eigenvalue weighted by Crippen LogP contribution is -2.15. The Hall–Kier alpha value is -1.42. The molecule has 1 atom stereocenters. The van der Waals surface area contributed by atoms with Gasteiger partial charge in [0.05, 0.1) is 26.0 Å². The summed E-state index contributed by atoms with van der Waals surface area (Å²) in [6.07, 6.45) is 1.09. The highest BCUT2D eigenvalue weighted by atomic mass is 16.5. The van der Waals surface area contributed by atoms with Gasteiger partial charge in [0.15, 0.2) is 0 Å². The van der Waals surface area contributed by atoms with E-state index in [1.54, 1.807) is 19.2 Å². The van der Waals surface area contributed by atoms with Crippen LogP contribution >= 0.6 is 0 Å². The van der Waals surface area contributed by atoms with Gasteiger partial charge in [0.25, 0.3) is 0 Å². The van der Waals surface area contributed by atoms with E-state index in [0.717, 1.165) is 18.8 Å². The van der Waals surface area contributed by atoms with Gasteiger partial charge in [-0.15, -0.1) is 0 Å². The Kier molecular flexibility index (Phi) is 2.97. The number of nitrogen functional groups attached to an aromatic ring is 1. The Labute approximate surface area is 88.9 Å². The SMILES string of the molecule is COc1cc(O[C@@H]2CCOC2)ccc1N. The van der Waals surface area contributed by atoms with Crippen molar-refractivity contribution in [1.29, 1.82) is 0 Å². The first kappa shape index (κ1) is 10.1. The number of benzene rings is 1. The van der Waals surface area contributed by atoms with Gasteiger partial charge in [-0.25, -0.2) is 0 Å². The number of rotatable bonds is 3. The highest BCUT2D eigenvalue weighted by Gasteiger charge is 2.17. The molecular formula is C11H15NO3. The summed E-state index contributed by atoms with van der Waals surface area (Å²) in [4.78, 5) is 0. The van der Waals surface area contributed by atoms with E-state index in [4.69, 9.17) is 19.9 Å². The second-order valence-corrected chi connectivity index (χ2v) is 3.51. The maximum atomic E-state index is 5.71. The fraction of sp³-hybridized carbons (Fsp3) is 0.455. The highest BCUT2D eigenvalue weighted by molar-refractivity contribution is 5.55. The van der Waals surface area contributed by atoms with Gasteiger partial charge in [-0.05, 0) is 12.1 Å². The van der Waals surface area contributed by atoms with E-state index in [2.05, 4.69) is 0 Å². The van der Waals surface area contributed by atoms with Crippen molar-refractivity contribution in [2.45, 2.75) is 12.5 Å². The van der Waals surface area contributed by atoms with Crippen molar-refractivity contribution in [2.24, 2.45) is 0 Å². The second kappa shape index (κ2) is 4.40. The Morgan fingerprint density at radius 2 is 2.33 bits per heavy atom. The molecule has 1 heterocycles. The molecule has 0 aliphatic carbocycles. The summed E-state index contributed by atoms with van der Waals surface area (Å²) in [6, 6.07) is 5.42. The maximum Gasteiger partial charge on any atom is 0.145 e. The molecule has 0 unspecified atom stereocenters. The molecule has 2 N–H and O–H groups in total. The van der Waals surface area contributed by atoms with Gasteiger partial charge in [0.1, 0.15) is 17.6 Å². The van der Waals surface area contributed by atoms with Gasteiger partial charge in [0, 0.05) is 12.5 Å². The molecule has 1 fully saturated rings. The molecule has 82 valence electrons. The Balaban J connectivity index is 2.07. The van der Waals surface area contributed by atoms with Gasteiger partial charge in [-0.3, -0.25) is 0 Å². The molecule has 0 saturated carbocycles. The highest BCUT2D eigenvalue weighted by Crippen LogP contribution is 2.27. The lowest BCUT2D eigenvalue weighted by molar-refractivity contribution is 0.141. The molecule has 4 heteroatoms. The molecule has 0 bridgehead atoms. The molecule has 1 aromatic carbocycles. The summed E-state index contributed by atoms with van der Waals surface area (Å²) >= 11 is 0. The molecule has 4 nitrogen and oxygen atoms in total. The first-order valence-corrected chi connectivity index (χ1v) is 4.97.